The normalized spacial score (nSPS) is 29.0. The van der Waals surface area contributed by atoms with Crippen LogP contribution in [0.4, 0.5) is 0 Å². The third-order valence-corrected chi connectivity index (χ3v) is 6.44. The summed E-state index contributed by atoms with van der Waals surface area (Å²) in [5, 5.41) is 7.17. The molecule has 2 aliphatic carbocycles. The maximum absolute atomic E-state index is 6.09. The molecule has 2 saturated carbocycles. The fourth-order valence-electron chi connectivity index (χ4n) is 5.16. The Morgan fingerprint density at radius 2 is 1.89 bits per heavy atom. The Kier molecular flexibility index (Phi) is 8.22. The van der Waals surface area contributed by atoms with Crippen LogP contribution in [0.15, 0.2) is 4.99 Å². The van der Waals surface area contributed by atoms with Crippen LogP contribution in [-0.2, 0) is 14.2 Å². The van der Waals surface area contributed by atoms with Crippen molar-refractivity contribution in [1.82, 2.24) is 10.6 Å². The molecular formula is C21H39N3O3. The number of hydrogen-bond acceptors (Lipinski definition) is 4. The molecule has 3 rings (SSSR count). The van der Waals surface area contributed by atoms with Gasteiger partial charge in [-0.15, -0.1) is 0 Å². The highest BCUT2D eigenvalue weighted by Crippen LogP contribution is 2.60. The zero-order valence-corrected chi connectivity index (χ0v) is 17.3. The SMILES string of the molecule is CCCCOCCOCCN=C(NCC)NC1C2CCOC2C12CCCC2. The highest BCUT2D eigenvalue weighted by molar-refractivity contribution is 5.80. The molecular weight excluding hydrogens is 342 g/mol. The van der Waals surface area contributed by atoms with Gasteiger partial charge in [0.15, 0.2) is 5.96 Å². The fourth-order valence-corrected chi connectivity index (χ4v) is 5.16. The smallest absolute Gasteiger partial charge is 0.191 e. The molecule has 3 aliphatic rings. The van der Waals surface area contributed by atoms with Crippen LogP contribution in [0, 0.1) is 11.3 Å². The largest absolute Gasteiger partial charge is 0.379 e. The lowest BCUT2D eigenvalue weighted by molar-refractivity contribution is -0.125. The van der Waals surface area contributed by atoms with E-state index in [2.05, 4.69) is 24.5 Å². The molecule has 3 fully saturated rings. The minimum absolute atomic E-state index is 0.351. The second-order valence-electron chi connectivity index (χ2n) is 8.15. The minimum atomic E-state index is 0.351. The third kappa shape index (κ3) is 4.96. The van der Waals surface area contributed by atoms with Crippen molar-refractivity contribution in [3.8, 4) is 0 Å². The van der Waals surface area contributed by atoms with E-state index in [1.807, 2.05) is 0 Å². The van der Waals surface area contributed by atoms with E-state index < -0.39 is 0 Å². The number of nitrogens with zero attached hydrogens (tertiary/aromatic N) is 1. The van der Waals surface area contributed by atoms with Crippen molar-refractivity contribution in [2.45, 2.75) is 70.9 Å². The fraction of sp³-hybridized carbons (Fsp3) is 0.952. The van der Waals surface area contributed by atoms with Crippen molar-refractivity contribution in [3.63, 3.8) is 0 Å². The number of aliphatic imine (C=N–C) groups is 1. The molecule has 0 aromatic heterocycles. The summed E-state index contributed by atoms with van der Waals surface area (Å²) < 4.78 is 17.2. The number of nitrogens with one attached hydrogen (secondary N) is 2. The lowest BCUT2D eigenvalue weighted by Crippen LogP contribution is -2.69. The highest BCUT2D eigenvalue weighted by Gasteiger charge is 2.65. The molecule has 1 spiro atoms. The van der Waals surface area contributed by atoms with Gasteiger partial charge in [0, 0.05) is 37.1 Å². The zero-order chi connectivity index (χ0) is 19.0. The van der Waals surface area contributed by atoms with Gasteiger partial charge >= 0.3 is 0 Å². The molecule has 1 heterocycles. The van der Waals surface area contributed by atoms with E-state index in [0.717, 1.165) is 32.1 Å². The van der Waals surface area contributed by atoms with Crippen LogP contribution in [0.2, 0.25) is 0 Å². The van der Waals surface area contributed by atoms with Crippen LogP contribution in [0.5, 0.6) is 0 Å². The van der Waals surface area contributed by atoms with Gasteiger partial charge in [-0.2, -0.15) is 0 Å². The molecule has 3 atom stereocenters. The minimum Gasteiger partial charge on any atom is -0.379 e. The highest BCUT2D eigenvalue weighted by atomic mass is 16.5. The van der Waals surface area contributed by atoms with Crippen LogP contribution >= 0.6 is 0 Å². The predicted octanol–water partition coefficient (Wildman–Crippen LogP) is 2.72. The number of fused-ring (bicyclic) bond motifs is 2. The molecule has 0 radical (unpaired) electrons. The Morgan fingerprint density at radius 3 is 2.63 bits per heavy atom. The first-order valence-corrected chi connectivity index (χ1v) is 11.1. The molecule has 156 valence electrons. The van der Waals surface area contributed by atoms with E-state index in [1.54, 1.807) is 0 Å². The van der Waals surface area contributed by atoms with Crippen molar-refractivity contribution in [2.75, 3.05) is 46.1 Å². The van der Waals surface area contributed by atoms with Gasteiger partial charge in [0.1, 0.15) is 0 Å². The van der Waals surface area contributed by atoms with Crippen molar-refractivity contribution < 1.29 is 14.2 Å². The van der Waals surface area contributed by atoms with Crippen LogP contribution in [0.25, 0.3) is 0 Å². The van der Waals surface area contributed by atoms with Crippen molar-refractivity contribution in [3.05, 3.63) is 0 Å². The molecule has 6 nitrogen and oxygen atoms in total. The van der Waals surface area contributed by atoms with Gasteiger partial charge in [0.05, 0.1) is 32.5 Å². The molecule has 1 saturated heterocycles. The third-order valence-electron chi connectivity index (χ3n) is 6.44. The number of guanidine groups is 1. The summed E-state index contributed by atoms with van der Waals surface area (Å²) in [6.45, 7) is 9.57. The molecule has 0 aromatic carbocycles. The quantitative estimate of drug-likeness (QED) is 0.327. The first-order valence-electron chi connectivity index (χ1n) is 11.1. The van der Waals surface area contributed by atoms with Crippen molar-refractivity contribution in [2.24, 2.45) is 16.3 Å². The maximum Gasteiger partial charge on any atom is 0.191 e. The van der Waals surface area contributed by atoms with E-state index in [1.165, 1.54) is 38.5 Å². The van der Waals surface area contributed by atoms with E-state index in [0.29, 0.717) is 49.8 Å². The topological polar surface area (TPSA) is 64.1 Å². The Bertz CT molecular complexity index is 466. The van der Waals surface area contributed by atoms with Gasteiger partial charge < -0.3 is 24.8 Å². The summed E-state index contributed by atoms with van der Waals surface area (Å²) in [7, 11) is 0. The Morgan fingerprint density at radius 1 is 1.11 bits per heavy atom. The first-order chi connectivity index (χ1) is 13.3. The summed E-state index contributed by atoms with van der Waals surface area (Å²) >= 11 is 0. The second-order valence-corrected chi connectivity index (χ2v) is 8.15. The van der Waals surface area contributed by atoms with Crippen molar-refractivity contribution >= 4 is 5.96 Å². The molecule has 0 amide bonds. The zero-order valence-electron chi connectivity index (χ0n) is 17.3. The van der Waals surface area contributed by atoms with E-state index >= 15 is 0 Å². The van der Waals surface area contributed by atoms with E-state index in [9.17, 15) is 0 Å². The Hall–Kier alpha value is -0.850. The lowest BCUT2D eigenvalue weighted by Gasteiger charge is -2.57. The second kappa shape index (κ2) is 10.6. The van der Waals surface area contributed by atoms with Crippen LogP contribution in [0.1, 0.15) is 58.8 Å². The molecule has 27 heavy (non-hydrogen) atoms. The predicted molar refractivity (Wildman–Crippen MR) is 108 cm³/mol. The van der Waals surface area contributed by atoms with Gasteiger partial charge in [0.2, 0.25) is 0 Å². The maximum atomic E-state index is 6.09. The number of ether oxygens (including phenoxy) is 3. The average molecular weight is 382 g/mol. The average Bonchev–Trinajstić information content (AvgIpc) is 3.33. The van der Waals surface area contributed by atoms with Crippen molar-refractivity contribution in [1.29, 1.82) is 0 Å². The molecule has 0 aromatic rings. The van der Waals surface area contributed by atoms with Gasteiger partial charge in [-0.25, -0.2) is 0 Å². The molecule has 0 bridgehead atoms. The summed E-state index contributed by atoms with van der Waals surface area (Å²) in [5.41, 5.74) is 0.351. The standard InChI is InChI=1S/C21H39N3O3/c1-3-5-12-25-15-16-26-14-11-23-20(22-4-2)24-18-17-8-13-27-19(17)21(18)9-6-7-10-21/h17-19H,3-16H2,1-2H3,(H2,22,23,24). The monoisotopic (exact) mass is 381 g/mol. The summed E-state index contributed by atoms with van der Waals surface area (Å²) in [4.78, 5) is 4.74. The first kappa shape index (κ1) is 20.9. The molecule has 1 aliphatic heterocycles. The van der Waals surface area contributed by atoms with E-state index in [-0.39, 0.29) is 0 Å². The summed E-state index contributed by atoms with van der Waals surface area (Å²) in [5.74, 6) is 1.59. The van der Waals surface area contributed by atoms with Crippen LogP contribution < -0.4 is 10.6 Å². The summed E-state index contributed by atoms with van der Waals surface area (Å²) in [6.07, 6.45) is 9.24. The Balaban J connectivity index is 1.41. The van der Waals surface area contributed by atoms with Gasteiger partial charge in [-0.3, -0.25) is 4.99 Å². The molecule has 6 heteroatoms. The number of hydrogen-bond donors (Lipinski definition) is 2. The molecule has 3 unspecified atom stereocenters. The number of rotatable bonds is 11. The Labute approximate surface area is 164 Å². The van der Waals surface area contributed by atoms with Crippen LogP contribution in [0.3, 0.4) is 0 Å². The van der Waals surface area contributed by atoms with Gasteiger partial charge in [-0.05, 0) is 32.6 Å². The van der Waals surface area contributed by atoms with Crippen LogP contribution in [-0.4, -0.2) is 64.2 Å². The lowest BCUT2D eigenvalue weighted by atomic mass is 9.54. The summed E-state index contributed by atoms with van der Waals surface area (Å²) in [6, 6.07) is 0.512. The van der Waals surface area contributed by atoms with Gasteiger partial charge in [0.25, 0.3) is 0 Å². The van der Waals surface area contributed by atoms with E-state index in [4.69, 9.17) is 19.2 Å². The molecule has 2 N–H and O–H groups in total. The van der Waals surface area contributed by atoms with Gasteiger partial charge in [-0.1, -0.05) is 26.2 Å². The number of unbranched alkanes of at least 4 members (excludes halogenated alkanes) is 1.